The number of amides is 1. The molecule has 0 spiro atoms. The minimum Gasteiger partial charge on any atom is -0.348 e. The number of carbonyl (C=O) groups is 1. The molecule has 0 saturated heterocycles. The van der Waals surface area contributed by atoms with Gasteiger partial charge >= 0.3 is 0 Å². The average Bonchev–Trinajstić information content (AvgIpc) is 2.58. The van der Waals surface area contributed by atoms with Crippen LogP contribution in [0, 0.1) is 13.8 Å². The van der Waals surface area contributed by atoms with Crippen LogP contribution in [0.15, 0.2) is 6.07 Å². The van der Waals surface area contributed by atoms with E-state index in [0.717, 1.165) is 12.8 Å². The maximum Gasteiger partial charge on any atom is 0.237 e. The van der Waals surface area contributed by atoms with Crippen molar-refractivity contribution in [1.29, 1.82) is 0 Å². The molecule has 1 aromatic rings. The van der Waals surface area contributed by atoms with Crippen molar-refractivity contribution < 1.29 is 4.79 Å². The third-order valence-electron chi connectivity index (χ3n) is 2.84. The molecule has 3 N–H and O–H groups in total. The molecule has 0 bridgehead atoms. The van der Waals surface area contributed by atoms with Gasteiger partial charge in [0.1, 0.15) is 0 Å². The van der Waals surface area contributed by atoms with Crippen LogP contribution in [0.2, 0.25) is 0 Å². The summed E-state index contributed by atoms with van der Waals surface area (Å²) in [5, 5.41) is 2.98. The summed E-state index contributed by atoms with van der Waals surface area (Å²) in [7, 11) is 0. The highest BCUT2D eigenvalue weighted by Gasteiger charge is 2.17. The zero-order chi connectivity index (χ0) is 13.0. The van der Waals surface area contributed by atoms with E-state index in [1.54, 1.807) is 11.3 Å². The zero-order valence-electron chi connectivity index (χ0n) is 11.0. The summed E-state index contributed by atoms with van der Waals surface area (Å²) in [6, 6.07) is 1.79. The lowest BCUT2D eigenvalue weighted by Crippen LogP contribution is -2.41. The van der Waals surface area contributed by atoms with E-state index in [1.165, 1.54) is 15.3 Å². The molecule has 0 radical (unpaired) electrons. The Morgan fingerprint density at radius 3 is 2.65 bits per heavy atom. The van der Waals surface area contributed by atoms with Gasteiger partial charge in [0, 0.05) is 9.75 Å². The summed E-state index contributed by atoms with van der Waals surface area (Å²) in [4.78, 5) is 14.3. The SMILES string of the molecule is CCC[C@@H](N)C(=O)N[C@@H](C)c1cc(C)sc1C. The number of carbonyl (C=O) groups excluding carboxylic acids is 1. The second-order valence-electron chi connectivity index (χ2n) is 4.49. The van der Waals surface area contributed by atoms with E-state index in [9.17, 15) is 4.79 Å². The lowest BCUT2D eigenvalue weighted by molar-refractivity contribution is -0.123. The molecule has 96 valence electrons. The van der Waals surface area contributed by atoms with Crippen molar-refractivity contribution in [2.45, 2.75) is 52.6 Å². The number of thiophene rings is 1. The average molecular weight is 254 g/mol. The molecule has 4 heteroatoms. The van der Waals surface area contributed by atoms with Crippen molar-refractivity contribution in [1.82, 2.24) is 5.32 Å². The summed E-state index contributed by atoms with van der Waals surface area (Å²) >= 11 is 1.76. The first-order chi connectivity index (χ1) is 7.95. The first kappa shape index (κ1) is 14.2. The first-order valence-corrected chi connectivity index (χ1v) is 6.90. The van der Waals surface area contributed by atoms with Crippen LogP contribution in [-0.4, -0.2) is 11.9 Å². The number of hydrogen-bond donors (Lipinski definition) is 2. The summed E-state index contributed by atoms with van der Waals surface area (Å²) in [6.45, 7) is 8.20. The monoisotopic (exact) mass is 254 g/mol. The number of nitrogens with two attached hydrogens (primary N) is 1. The Kier molecular flexibility index (Phi) is 5.15. The molecule has 1 heterocycles. The Bertz CT molecular complexity index is 387. The van der Waals surface area contributed by atoms with E-state index < -0.39 is 0 Å². The van der Waals surface area contributed by atoms with Crippen molar-refractivity contribution >= 4 is 17.2 Å². The van der Waals surface area contributed by atoms with E-state index in [4.69, 9.17) is 5.73 Å². The molecule has 17 heavy (non-hydrogen) atoms. The number of hydrogen-bond acceptors (Lipinski definition) is 3. The fourth-order valence-corrected chi connectivity index (χ4v) is 2.94. The molecule has 2 atom stereocenters. The zero-order valence-corrected chi connectivity index (χ0v) is 11.9. The molecule has 0 unspecified atom stereocenters. The Hall–Kier alpha value is -0.870. The topological polar surface area (TPSA) is 55.1 Å². The van der Waals surface area contributed by atoms with Crippen LogP contribution in [0.25, 0.3) is 0 Å². The van der Waals surface area contributed by atoms with Gasteiger partial charge in [-0.05, 0) is 38.8 Å². The predicted octanol–water partition coefficient (Wildman–Crippen LogP) is 2.67. The summed E-state index contributed by atoms with van der Waals surface area (Å²) in [6.07, 6.45) is 1.67. The standard InChI is InChI=1S/C13H22N2OS/c1-5-6-12(14)13(16)15-9(3)11-7-8(2)17-10(11)4/h7,9,12H,5-6,14H2,1-4H3,(H,15,16)/t9-,12+/m0/s1. The molecular formula is C13H22N2OS. The third-order valence-corrected chi connectivity index (χ3v) is 3.82. The molecule has 3 nitrogen and oxygen atoms in total. The smallest absolute Gasteiger partial charge is 0.237 e. The van der Waals surface area contributed by atoms with Crippen LogP contribution in [0.4, 0.5) is 0 Å². The normalized spacial score (nSPS) is 14.4. The van der Waals surface area contributed by atoms with E-state index in [-0.39, 0.29) is 18.0 Å². The number of aryl methyl sites for hydroxylation is 2. The summed E-state index contributed by atoms with van der Waals surface area (Å²) in [5.74, 6) is -0.0531. The van der Waals surface area contributed by atoms with Crippen LogP contribution in [0.1, 0.15) is 48.0 Å². The van der Waals surface area contributed by atoms with Gasteiger partial charge in [-0.15, -0.1) is 11.3 Å². The van der Waals surface area contributed by atoms with E-state index in [0.29, 0.717) is 0 Å². The molecule has 0 aliphatic rings. The largest absolute Gasteiger partial charge is 0.348 e. The predicted molar refractivity (Wildman–Crippen MR) is 73.2 cm³/mol. The third kappa shape index (κ3) is 3.82. The Labute approximate surface area is 107 Å². The quantitative estimate of drug-likeness (QED) is 0.848. The van der Waals surface area contributed by atoms with Gasteiger partial charge in [-0.3, -0.25) is 4.79 Å². The number of rotatable bonds is 5. The molecule has 0 fully saturated rings. The maximum absolute atomic E-state index is 11.8. The Morgan fingerprint density at radius 2 is 2.18 bits per heavy atom. The minimum atomic E-state index is -0.387. The van der Waals surface area contributed by atoms with Gasteiger partial charge < -0.3 is 11.1 Å². The van der Waals surface area contributed by atoms with Gasteiger partial charge in [0.15, 0.2) is 0 Å². The van der Waals surface area contributed by atoms with Gasteiger partial charge in [-0.25, -0.2) is 0 Å². The van der Waals surface area contributed by atoms with Crippen LogP contribution in [0.3, 0.4) is 0 Å². The summed E-state index contributed by atoms with van der Waals surface area (Å²) in [5.41, 5.74) is 6.99. The lowest BCUT2D eigenvalue weighted by Gasteiger charge is -2.17. The fourth-order valence-electron chi connectivity index (χ4n) is 1.92. The van der Waals surface area contributed by atoms with Gasteiger partial charge in [-0.1, -0.05) is 13.3 Å². The highest BCUT2D eigenvalue weighted by Crippen LogP contribution is 2.26. The van der Waals surface area contributed by atoms with Crippen LogP contribution < -0.4 is 11.1 Å². The van der Waals surface area contributed by atoms with Gasteiger partial charge in [-0.2, -0.15) is 0 Å². The molecule has 0 saturated carbocycles. The maximum atomic E-state index is 11.8. The molecule has 1 rings (SSSR count). The molecule has 0 aromatic carbocycles. The Morgan fingerprint density at radius 1 is 1.53 bits per heavy atom. The van der Waals surface area contributed by atoms with E-state index >= 15 is 0 Å². The second kappa shape index (κ2) is 6.17. The van der Waals surface area contributed by atoms with Crippen LogP contribution >= 0.6 is 11.3 Å². The summed E-state index contributed by atoms with van der Waals surface area (Å²) < 4.78 is 0. The lowest BCUT2D eigenvalue weighted by atomic mass is 10.1. The molecule has 0 aliphatic carbocycles. The minimum absolute atomic E-state index is 0.0374. The van der Waals surface area contributed by atoms with Crippen molar-refractivity contribution in [2.24, 2.45) is 5.73 Å². The first-order valence-electron chi connectivity index (χ1n) is 6.08. The van der Waals surface area contributed by atoms with E-state index in [2.05, 4.69) is 25.2 Å². The van der Waals surface area contributed by atoms with Gasteiger partial charge in [0.05, 0.1) is 12.1 Å². The fraction of sp³-hybridized carbons (Fsp3) is 0.615. The highest BCUT2D eigenvalue weighted by atomic mass is 32.1. The van der Waals surface area contributed by atoms with E-state index in [1.807, 2.05) is 13.8 Å². The highest BCUT2D eigenvalue weighted by molar-refractivity contribution is 7.12. The second-order valence-corrected chi connectivity index (χ2v) is 5.95. The molecular weight excluding hydrogens is 232 g/mol. The molecule has 0 aliphatic heterocycles. The van der Waals surface area contributed by atoms with Crippen molar-refractivity contribution in [3.05, 3.63) is 21.4 Å². The number of nitrogens with one attached hydrogen (secondary N) is 1. The van der Waals surface area contributed by atoms with Gasteiger partial charge in [0.25, 0.3) is 0 Å². The van der Waals surface area contributed by atoms with Crippen molar-refractivity contribution in [3.8, 4) is 0 Å². The molecule has 1 amide bonds. The van der Waals surface area contributed by atoms with Crippen molar-refractivity contribution in [3.63, 3.8) is 0 Å². The van der Waals surface area contributed by atoms with Gasteiger partial charge in [0.2, 0.25) is 5.91 Å². The van der Waals surface area contributed by atoms with Crippen LogP contribution in [0.5, 0.6) is 0 Å². The molecule has 1 aromatic heterocycles. The Balaban J connectivity index is 2.63. The van der Waals surface area contributed by atoms with Crippen molar-refractivity contribution in [2.75, 3.05) is 0 Å². The van der Waals surface area contributed by atoms with Crippen LogP contribution in [-0.2, 0) is 4.79 Å².